The van der Waals surface area contributed by atoms with Crippen LogP contribution < -0.4 is 4.74 Å². The number of ether oxygens (including phenoxy) is 1. The molecule has 0 spiro atoms. The van der Waals surface area contributed by atoms with Gasteiger partial charge in [0.1, 0.15) is 28.9 Å². The van der Waals surface area contributed by atoms with Gasteiger partial charge in [-0.05, 0) is 30.3 Å². The summed E-state index contributed by atoms with van der Waals surface area (Å²) in [5.74, 6) is -1.68. The molecule has 0 unspecified atom stereocenters. The van der Waals surface area contributed by atoms with Crippen molar-refractivity contribution in [1.29, 1.82) is 5.26 Å². The summed E-state index contributed by atoms with van der Waals surface area (Å²) in [7, 11) is 0. The number of carbonyl (C=O) groups is 1. The number of nitrogens with zero attached hydrogens (tertiary/aromatic N) is 1. The van der Waals surface area contributed by atoms with Crippen LogP contribution in [0.4, 0.5) is 4.39 Å². The SMILES string of the molecule is N#Cc1ccc(Oc2cc(Br)ccc2C(=O)O)cc1F. The second-order valence-corrected chi connectivity index (χ2v) is 4.72. The number of carboxylic acid groups (broad SMARTS) is 1. The molecule has 2 rings (SSSR count). The minimum absolute atomic E-state index is 0.0435. The molecule has 20 heavy (non-hydrogen) atoms. The lowest BCUT2D eigenvalue weighted by Gasteiger charge is -2.09. The molecule has 0 aliphatic heterocycles. The lowest BCUT2D eigenvalue weighted by Crippen LogP contribution is -2.00. The molecule has 0 bridgehead atoms. The fourth-order valence-electron chi connectivity index (χ4n) is 1.53. The Hall–Kier alpha value is -2.39. The second kappa shape index (κ2) is 5.72. The quantitative estimate of drug-likeness (QED) is 0.921. The van der Waals surface area contributed by atoms with Gasteiger partial charge in [-0.2, -0.15) is 5.26 Å². The molecule has 0 fully saturated rings. The standard InChI is InChI=1S/C14H7BrFNO3/c15-9-2-4-11(14(18)19)13(5-9)20-10-3-1-8(7-17)12(16)6-10/h1-6H,(H,18,19). The van der Waals surface area contributed by atoms with Crippen LogP contribution in [0.5, 0.6) is 11.5 Å². The topological polar surface area (TPSA) is 70.3 Å². The monoisotopic (exact) mass is 335 g/mol. The first-order valence-corrected chi connectivity index (χ1v) is 6.21. The first kappa shape index (κ1) is 14.0. The van der Waals surface area contributed by atoms with Gasteiger partial charge in [0.2, 0.25) is 0 Å². The molecule has 0 aliphatic carbocycles. The van der Waals surface area contributed by atoms with E-state index < -0.39 is 11.8 Å². The van der Waals surface area contributed by atoms with Crippen LogP contribution in [0.25, 0.3) is 0 Å². The number of carboxylic acids is 1. The van der Waals surface area contributed by atoms with Crippen molar-refractivity contribution in [2.75, 3.05) is 0 Å². The molecule has 6 heteroatoms. The fourth-order valence-corrected chi connectivity index (χ4v) is 1.87. The van der Waals surface area contributed by atoms with E-state index >= 15 is 0 Å². The van der Waals surface area contributed by atoms with Crippen LogP contribution in [0.2, 0.25) is 0 Å². The predicted molar refractivity (Wildman–Crippen MR) is 72.3 cm³/mol. The maximum Gasteiger partial charge on any atom is 0.339 e. The van der Waals surface area contributed by atoms with Crippen molar-refractivity contribution >= 4 is 21.9 Å². The highest BCUT2D eigenvalue weighted by molar-refractivity contribution is 9.10. The van der Waals surface area contributed by atoms with Crippen molar-refractivity contribution in [2.24, 2.45) is 0 Å². The van der Waals surface area contributed by atoms with Crippen LogP contribution in [0, 0.1) is 17.1 Å². The Morgan fingerprint density at radius 2 is 2.05 bits per heavy atom. The summed E-state index contributed by atoms with van der Waals surface area (Å²) in [6.45, 7) is 0. The zero-order valence-electron chi connectivity index (χ0n) is 9.93. The van der Waals surface area contributed by atoms with Gasteiger partial charge in [-0.15, -0.1) is 0 Å². The molecule has 100 valence electrons. The summed E-state index contributed by atoms with van der Waals surface area (Å²) in [6.07, 6.45) is 0. The number of hydrogen-bond acceptors (Lipinski definition) is 3. The smallest absolute Gasteiger partial charge is 0.339 e. The van der Waals surface area contributed by atoms with Crippen molar-refractivity contribution in [3.05, 3.63) is 57.8 Å². The molecule has 0 radical (unpaired) electrons. The third-order valence-corrected chi connectivity index (χ3v) is 2.96. The van der Waals surface area contributed by atoms with Crippen molar-refractivity contribution < 1.29 is 19.0 Å². The lowest BCUT2D eigenvalue weighted by atomic mass is 10.2. The average molecular weight is 336 g/mol. The van der Waals surface area contributed by atoms with Gasteiger partial charge in [0.15, 0.2) is 0 Å². The molecule has 0 heterocycles. The van der Waals surface area contributed by atoms with Gasteiger partial charge in [0.05, 0.1) is 5.56 Å². The highest BCUT2D eigenvalue weighted by atomic mass is 79.9. The first-order chi connectivity index (χ1) is 9.51. The van der Waals surface area contributed by atoms with Gasteiger partial charge in [0, 0.05) is 10.5 Å². The van der Waals surface area contributed by atoms with Crippen molar-refractivity contribution in [3.8, 4) is 17.6 Å². The lowest BCUT2D eigenvalue weighted by molar-refractivity contribution is 0.0694. The van der Waals surface area contributed by atoms with Crippen molar-refractivity contribution in [1.82, 2.24) is 0 Å². The van der Waals surface area contributed by atoms with E-state index in [2.05, 4.69) is 15.9 Å². The van der Waals surface area contributed by atoms with E-state index in [1.165, 1.54) is 24.3 Å². The van der Waals surface area contributed by atoms with E-state index in [1.807, 2.05) is 0 Å². The van der Waals surface area contributed by atoms with Gasteiger partial charge in [0.25, 0.3) is 0 Å². The van der Waals surface area contributed by atoms with Gasteiger partial charge < -0.3 is 9.84 Å². The summed E-state index contributed by atoms with van der Waals surface area (Å²) < 4.78 is 19.5. The highest BCUT2D eigenvalue weighted by Crippen LogP contribution is 2.29. The summed E-state index contributed by atoms with van der Waals surface area (Å²) >= 11 is 3.21. The molecule has 2 aromatic rings. The normalized spacial score (nSPS) is 9.85. The van der Waals surface area contributed by atoms with Crippen LogP contribution in [0.3, 0.4) is 0 Å². The molecule has 0 saturated heterocycles. The van der Waals surface area contributed by atoms with Gasteiger partial charge >= 0.3 is 5.97 Å². The fraction of sp³-hybridized carbons (Fsp3) is 0. The zero-order valence-corrected chi connectivity index (χ0v) is 11.5. The highest BCUT2D eigenvalue weighted by Gasteiger charge is 2.13. The Balaban J connectivity index is 2.39. The maximum absolute atomic E-state index is 13.5. The van der Waals surface area contributed by atoms with E-state index in [1.54, 1.807) is 12.1 Å². The molecular formula is C14H7BrFNO3. The summed E-state index contributed by atoms with van der Waals surface area (Å²) in [5.41, 5.74) is -0.150. The largest absolute Gasteiger partial charge is 0.478 e. The molecule has 1 N–H and O–H groups in total. The molecule has 0 aromatic heterocycles. The molecule has 0 saturated carbocycles. The van der Waals surface area contributed by atoms with Gasteiger partial charge in [-0.25, -0.2) is 9.18 Å². The molecule has 0 aliphatic rings. The summed E-state index contributed by atoms with van der Waals surface area (Å²) in [5, 5.41) is 17.7. The van der Waals surface area contributed by atoms with Crippen molar-refractivity contribution in [3.63, 3.8) is 0 Å². The van der Waals surface area contributed by atoms with Crippen LogP contribution in [-0.2, 0) is 0 Å². The Kier molecular flexibility index (Phi) is 4.01. The number of rotatable bonds is 3. The van der Waals surface area contributed by atoms with E-state index in [0.29, 0.717) is 4.47 Å². The maximum atomic E-state index is 13.5. The van der Waals surface area contributed by atoms with E-state index in [-0.39, 0.29) is 22.6 Å². The number of halogens is 2. The second-order valence-electron chi connectivity index (χ2n) is 3.80. The number of benzene rings is 2. The molecular weight excluding hydrogens is 329 g/mol. The first-order valence-electron chi connectivity index (χ1n) is 5.41. The van der Waals surface area contributed by atoms with Crippen LogP contribution in [-0.4, -0.2) is 11.1 Å². The minimum Gasteiger partial charge on any atom is -0.478 e. The summed E-state index contributed by atoms with van der Waals surface area (Å²) in [4.78, 5) is 11.1. The van der Waals surface area contributed by atoms with Crippen molar-refractivity contribution in [2.45, 2.75) is 0 Å². The van der Waals surface area contributed by atoms with Gasteiger partial charge in [-0.1, -0.05) is 15.9 Å². The third kappa shape index (κ3) is 2.95. The van der Waals surface area contributed by atoms with E-state index in [4.69, 9.17) is 15.1 Å². The van der Waals surface area contributed by atoms with E-state index in [0.717, 1.165) is 6.07 Å². The Labute approximate surface area is 122 Å². The number of hydrogen-bond donors (Lipinski definition) is 1. The minimum atomic E-state index is -1.15. The zero-order chi connectivity index (χ0) is 14.7. The molecule has 0 amide bonds. The number of nitriles is 1. The van der Waals surface area contributed by atoms with Crippen LogP contribution in [0.15, 0.2) is 40.9 Å². The predicted octanol–water partition coefficient (Wildman–Crippen LogP) is 3.95. The van der Waals surface area contributed by atoms with E-state index in [9.17, 15) is 9.18 Å². The van der Waals surface area contributed by atoms with Crippen LogP contribution in [0.1, 0.15) is 15.9 Å². The Bertz CT molecular complexity index is 725. The Morgan fingerprint density at radius 3 is 2.65 bits per heavy atom. The Morgan fingerprint density at radius 1 is 1.30 bits per heavy atom. The number of aromatic carboxylic acids is 1. The van der Waals surface area contributed by atoms with Crippen LogP contribution >= 0.6 is 15.9 Å². The summed E-state index contributed by atoms with van der Waals surface area (Å²) in [6, 6.07) is 9.80. The average Bonchev–Trinajstić information content (AvgIpc) is 2.38. The molecule has 0 atom stereocenters. The van der Waals surface area contributed by atoms with Gasteiger partial charge in [-0.3, -0.25) is 0 Å². The third-order valence-electron chi connectivity index (χ3n) is 2.46. The molecule has 2 aromatic carbocycles. The molecule has 4 nitrogen and oxygen atoms in total.